The molecule has 0 radical (unpaired) electrons. The van der Waals surface area contributed by atoms with Crippen LogP contribution < -0.4 is 4.74 Å². The monoisotopic (exact) mass is 298 g/mol. The number of thioether (sulfide) groups is 1. The van der Waals surface area contributed by atoms with Crippen LogP contribution in [0.3, 0.4) is 0 Å². The minimum Gasteiger partial charge on any atom is -0.490 e. The van der Waals surface area contributed by atoms with Crippen molar-refractivity contribution in [2.45, 2.75) is 4.90 Å². The lowest BCUT2D eigenvalue weighted by Crippen LogP contribution is -2.01. The van der Waals surface area contributed by atoms with E-state index in [1.165, 1.54) is 29.2 Å². The number of carboxylic acids is 1. The van der Waals surface area contributed by atoms with Crippen LogP contribution in [-0.4, -0.2) is 23.4 Å². The van der Waals surface area contributed by atoms with E-state index >= 15 is 0 Å². The molecule has 1 aromatic heterocycles. The Balaban J connectivity index is 1.77. The van der Waals surface area contributed by atoms with E-state index in [-0.39, 0.29) is 11.6 Å². The largest absolute Gasteiger partial charge is 0.490 e. The molecule has 0 aliphatic carbocycles. The highest BCUT2D eigenvalue weighted by Gasteiger charge is 2.07. The van der Waals surface area contributed by atoms with E-state index in [9.17, 15) is 9.18 Å². The average molecular weight is 298 g/mol. The van der Waals surface area contributed by atoms with Crippen molar-refractivity contribution in [3.63, 3.8) is 0 Å². The van der Waals surface area contributed by atoms with Gasteiger partial charge < -0.3 is 9.84 Å². The van der Waals surface area contributed by atoms with Gasteiger partial charge in [0.05, 0.1) is 6.61 Å². The number of ether oxygens (including phenoxy) is 1. The zero-order chi connectivity index (χ0) is 13.7. The first-order valence-corrected chi connectivity index (χ1v) is 7.35. The lowest BCUT2D eigenvalue weighted by Gasteiger charge is -2.05. The van der Waals surface area contributed by atoms with Crippen LogP contribution in [0.1, 0.15) is 9.67 Å². The van der Waals surface area contributed by atoms with Gasteiger partial charge in [-0.1, -0.05) is 12.1 Å². The third kappa shape index (κ3) is 3.97. The second-order valence-corrected chi connectivity index (χ2v) is 5.66. The molecule has 1 aromatic carbocycles. The van der Waals surface area contributed by atoms with Crippen molar-refractivity contribution in [2.24, 2.45) is 0 Å². The van der Waals surface area contributed by atoms with Crippen molar-refractivity contribution in [1.82, 2.24) is 0 Å². The summed E-state index contributed by atoms with van der Waals surface area (Å²) in [5, 5.41) is 10.6. The average Bonchev–Trinajstić information content (AvgIpc) is 2.85. The first-order valence-electron chi connectivity index (χ1n) is 5.49. The molecule has 0 fully saturated rings. The fourth-order valence-electron chi connectivity index (χ4n) is 1.38. The van der Waals surface area contributed by atoms with Gasteiger partial charge in [-0.05, 0) is 18.2 Å². The molecule has 0 bridgehead atoms. The topological polar surface area (TPSA) is 46.5 Å². The zero-order valence-electron chi connectivity index (χ0n) is 9.84. The van der Waals surface area contributed by atoms with E-state index in [1.54, 1.807) is 29.6 Å². The Morgan fingerprint density at radius 1 is 1.42 bits per heavy atom. The summed E-state index contributed by atoms with van der Waals surface area (Å²) in [6.45, 7) is 0.365. The van der Waals surface area contributed by atoms with E-state index in [1.807, 2.05) is 0 Å². The van der Waals surface area contributed by atoms with Gasteiger partial charge in [-0.3, -0.25) is 0 Å². The molecule has 6 heteroatoms. The summed E-state index contributed by atoms with van der Waals surface area (Å²) < 4.78 is 18.5. The van der Waals surface area contributed by atoms with Gasteiger partial charge in [-0.25, -0.2) is 9.18 Å². The Bertz CT molecular complexity index is 569. The number of rotatable bonds is 6. The molecular formula is C13H11FO3S2. The molecule has 0 aliphatic rings. The molecule has 0 aliphatic heterocycles. The highest BCUT2D eigenvalue weighted by molar-refractivity contribution is 7.99. The standard InChI is InChI=1S/C13H11FO3S2/c14-10-3-1-2-4-11(10)17-5-6-18-9-7-12(13(15)16)19-8-9/h1-4,7-8H,5-6H2,(H,15,16). The van der Waals surface area contributed by atoms with Crippen molar-refractivity contribution in [1.29, 1.82) is 0 Å². The van der Waals surface area contributed by atoms with Crippen LogP contribution >= 0.6 is 23.1 Å². The van der Waals surface area contributed by atoms with Crippen molar-refractivity contribution >= 4 is 29.1 Å². The van der Waals surface area contributed by atoms with E-state index < -0.39 is 5.97 Å². The molecular weight excluding hydrogens is 287 g/mol. The van der Waals surface area contributed by atoms with Gasteiger partial charge in [0.15, 0.2) is 11.6 Å². The predicted octanol–water partition coefficient (Wildman–Crippen LogP) is 3.76. The van der Waals surface area contributed by atoms with Gasteiger partial charge in [0.25, 0.3) is 0 Å². The zero-order valence-corrected chi connectivity index (χ0v) is 11.5. The Kier molecular flexibility index (Phi) is 4.81. The van der Waals surface area contributed by atoms with Gasteiger partial charge >= 0.3 is 5.97 Å². The lowest BCUT2D eigenvalue weighted by atomic mass is 10.3. The summed E-state index contributed by atoms with van der Waals surface area (Å²) in [5.74, 6) is -0.431. The van der Waals surface area contributed by atoms with E-state index in [2.05, 4.69) is 0 Å². The summed E-state index contributed by atoms with van der Waals surface area (Å²) in [6.07, 6.45) is 0. The van der Waals surface area contributed by atoms with E-state index in [0.29, 0.717) is 17.2 Å². The van der Waals surface area contributed by atoms with Crippen LogP contribution in [0.5, 0.6) is 5.75 Å². The third-order valence-electron chi connectivity index (χ3n) is 2.23. The van der Waals surface area contributed by atoms with Crippen molar-refractivity contribution in [3.8, 4) is 5.75 Å². The maximum Gasteiger partial charge on any atom is 0.345 e. The number of carboxylic acid groups (broad SMARTS) is 1. The van der Waals surface area contributed by atoms with Crippen molar-refractivity contribution in [3.05, 3.63) is 46.4 Å². The van der Waals surface area contributed by atoms with Crippen molar-refractivity contribution in [2.75, 3.05) is 12.4 Å². The maximum atomic E-state index is 13.2. The second kappa shape index (κ2) is 6.58. The number of thiophene rings is 1. The van der Waals surface area contributed by atoms with Crippen LogP contribution in [-0.2, 0) is 0 Å². The molecule has 2 aromatic rings. The van der Waals surface area contributed by atoms with Crippen LogP contribution in [0, 0.1) is 5.82 Å². The Labute approximate surface area is 118 Å². The Hall–Kier alpha value is -1.53. The normalized spacial score (nSPS) is 10.4. The number of halogens is 1. The first-order chi connectivity index (χ1) is 9.16. The molecule has 3 nitrogen and oxygen atoms in total. The van der Waals surface area contributed by atoms with Gasteiger partial charge in [-0.2, -0.15) is 0 Å². The molecule has 0 saturated heterocycles. The smallest absolute Gasteiger partial charge is 0.345 e. The lowest BCUT2D eigenvalue weighted by molar-refractivity contribution is 0.0702. The minimum atomic E-state index is -0.917. The molecule has 1 heterocycles. The van der Waals surface area contributed by atoms with Crippen LogP contribution in [0.4, 0.5) is 4.39 Å². The number of hydrogen-bond donors (Lipinski definition) is 1. The number of benzene rings is 1. The van der Waals surface area contributed by atoms with E-state index in [0.717, 1.165) is 4.90 Å². The number of aromatic carboxylic acids is 1. The van der Waals surface area contributed by atoms with E-state index in [4.69, 9.17) is 9.84 Å². The molecule has 0 unspecified atom stereocenters. The van der Waals surface area contributed by atoms with Crippen LogP contribution in [0.25, 0.3) is 0 Å². The molecule has 0 spiro atoms. The molecule has 100 valence electrons. The van der Waals surface area contributed by atoms with Gasteiger partial charge in [-0.15, -0.1) is 23.1 Å². The highest BCUT2D eigenvalue weighted by Crippen LogP contribution is 2.25. The molecule has 19 heavy (non-hydrogen) atoms. The minimum absolute atomic E-state index is 0.236. The number of para-hydroxylation sites is 1. The summed E-state index contributed by atoms with van der Waals surface area (Å²) in [7, 11) is 0. The van der Waals surface area contributed by atoms with Crippen molar-refractivity contribution < 1.29 is 19.0 Å². The SMILES string of the molecule is O=C(O)c1cc(SCCOc2ccccc2F)cs1. The summed E-state index contributed by atoms with van der Waals surface area (Å²) >= 11 is 2.68. The van der Waals surface area contributed by atoms with Crippen LogP contribution in [0.15, 0.2) is 40.6 Å². The van der Waals surface area contributed by atoms with Gasteiger partial charge in [0.2, 0.25) is 0 Å². The highest BCUT2D eigenvalue weighted by atomic mass is 32.2. The summed E-state index contributed by atoms with van der Waals surface area (Å²) in [5.41, 5.74) is 0. The first kappa shape index (κ1) is 13.9. The molecule has 0 saturated carbocycles. The molecule has 2 rings (SSSR count). The summed E-state index contributed by atoms with van der Waals surface area (Å²) in [6, 6.07) is 7.87. The Morgan fingerprint density at radius 2 is 2.21 bits per heavy atom. The van der Waals surface area contributed by atoms with Gasteiger partial charge in [0.1, 0.15) is 4.88 Å². The maximum absolute atomic E-state index is 13.2. The third-order valence-corrected chi connectivity index (χ3v) is 4.24. The summed E-state index contributed by atoms with van der Waals surface area (Å²) in [4.78, 5) is 11.9. The number of hydrogen-bond acceptors (Lipinski definition) is 4. The van der Waals surface area contributed by atoms with Gasteiger partial charge in [0, 0.05) is 16.0 Å². The molecule has 0 atom stereocenters. The second-order valence-electron chi connectivity index (χ2n) is 3.58. The number of carbonyl (C=O) groups is 1. The van der Waals surface area contributed by atoms with Crippen LogP contribution in [0.2, 0.25) is 0 Å². The molecule has 0 amide bonds. The Morgan fingerprint density at radius 3 is 2.89 bits per heavy atom. The quantitative estimate of drug-likeness (QED) is 0.651. The fraction of sp³-hybridized carbons (Fsp3) is 0.154. The fourth-order valence-corrected chi connectivity index (χ4v) is 3.08. The predicted molar refractivity (Wildman–Crippen MR) is 73.9 cm³/mol. The molecule has 1 N–H and O–H groups in total.